The molecule has 1 saturated heterocycles. The fourth-order valence-corrected chi connectivity index (χ4v) is 2.22. The molecule has 0 saturated carbocycles. The van der Waals surface area contributed by atoms with Crippen molar-refractivity contribution in [3.63, 3.8) is 0 Å². The van der Waals surface area contributed by atoms with Crippen LogP contribution in [-0.4, -0.2) is 36.7 Å². The van der Waals surface area contributed by atoms with Crippen molar-refractivity contribution < 1.29 is 13.9 Å². The number of halogens is 1. The van der Waals surface area contributed by atoms with Gasteiger partial charge in [0.2, 0.25) is 0 Å². The molecule has 0 radical (unpaired) electrons. The van der Waals surface area contributed by atoms with Crippen molar-refractivity contribution in [2.75, 3.05) is 13.7 Å². The molecule has 1 aliphatic heterocycles. The molecule has 0 aromatic heterocycles. The molecule has 1 fully saturated rings. The first-order chi connectivity index (χ1) is 8.20. The fraction of sp³-hybridized carbons (Fsp3) is 0.462. The summed E-state index contributed by atoms with van der Waals surface area (Å²) in [6, 6.07) is 9.30. The van der Waals surface area contributed by atoms with Gasteiger partial charge in [0.25, 0.3) is 0 Å². The summed E-state index contributed by atoms with van der Waals surface area (Å²) in [4.78, 5) is 13.4. The van der Waals surface area contributed by atoms with Gasteiger partial charge in [-0.05, 0) is 5.56 Å². The fourth-order valence-electron chi connectivity index (χ4n) is 2.22. The molecular formula is C13H16FNO2. The summed E-state index contributed by atoms with van der Waals surface area (Å²) < 4.78 is 18.1. The smallest absolute Gasteiger partial charge is 0.323 e. The number of carbonyl (C=O) groups is 1. The Bertz CT molecular complexity index is 382. The zero-order valence-electron chi connectivity index (χ0n) is 9.80. The van der Waals surface area contributed by atoms with Crippen LogP contribution in [0.5, 0.6) is 0 Å². The maximum Gasteiger partial charge on any atom is 0.323 e. The minimum Gasteiger partial charge on any atom is -0.468 e. The normalized spacial score (nSPS) is 24.8. The van der Waals surface area contributed by atoms with E-state index >= 15 is 0 Å². The van der Waals surface area contributed by atoms with Crippen molar-refractivity contribution in [2.45, 2.75) is 25.2 Å². The summed E-state index contributed by atoms with van der Waals surface area (Å²) in [5.41, 5.74) is 1.08. The van der Waals surface area contributed by atoms with Gasteiger partial charge in [0.1, 0.15) is 12.2 Å². The van der Waals surface area contributed by atoms with Crippen LogP contribution in [0.25, 0.3) is 0 Å². The van der Waals surface area contributed by atoms with Gasteiger partial charge in [0.05, 0.1) is 7.11 Å². The number of ether oxygens (including phenoxy) is 1. The molecule has 1 aromatic carbocycles. The Balaban J connectivity index is 2.06. The average Bonchev–Trinajstić information content (AvgIpc) is 2.70. The third kappa shape index (κ3) is 2.82. The summed E-state index contributed by atoms with van der Waals surface area (Å²) in [7, 11) is 1.34. The van der Waals surface area contributed by atoms with E-state index in [1.165, 1.54) is 7.11 Å². The Morgan fingerprint density at radius 3 is 2.82 bits per heavy atom. The molecule has 0 aliphatic carbocycles. The van der Waals surface area contributed by atoms with Crippen molar-refractivity contribution in [3.05, 3.63) is 35.9 Å². The van der Waals surface area contributed by atoms with Crippen LogP contribution in [0, 0.1) is 0 Å². The van der Waals surface area contributed by atoms with Crippen molar-refractivity contribution in [1.29, 1.82) is 0 Å². The van der Waals surface area contributed by atoms with E-state index in [4.69, 9.17) is 4.74 Å². The van der Waals surface area contributed by atoms with Gasteiger partial charge in [0.15, 0.2) is 0 Å². The van der Waals surface area contributed by atoms with E-state index in [-0.39, 0.29) is 12.4 Å². The Kier molecular flexibility index (Phi) is 3.74. The molecule has 1 aliphatic rings. The highest BCUT2D eigenvalue weighted by atomic mass is 19.1. The summed E-state index contributed by atoms with van der Waals surface area (Å²) in [6.45, 7) is 0.885. The number of hydrogen-bond donors (Lipinski definition) is 0. The minimum atomic E-state index is -0.942. The maximum atomic E-state index is 13.4. The first-order valence-electron chi connectivity index (χ1n) is 5.70. The maximum absolute atomic E-state index is 13.4. The first kappa shape index (κ1) is 12.0. The van der Waals surface area contributed by atoms with Crippen LogP contribution in [0.2, 0.25) is 0 Å². The van der Waals surface area contributed by atoms with E-state index in [2.05, 4.69) is 0 Å². The van der Waals surface area contributed by atoms with Gasteiger partial charge in [-0.25, -0.2) is 4.39 Å². The SMILES string of the molecule is COC(=O)[C@@H]1CC(F)CN1Cc1ccccc1. The van der Waals surface area contributed by atoms with Crippen LogP contribution < -0.4 is 0 Å². The highest BCUT2D eigenvalue weighted by Crippen LogP contribution is 2.23. The van der Waals surface area contributed by atoms with Crippen LogP contribution in [0.15, 0.2) is 30.3 Å². The Hall–Kier alpha value is -1.42. The molecule has 2 rings (SSSR count). The summed E-state index contributed by atoms with van der Waals surface area (Å²) >= 11 is 0. The average molecular weight is 237 g/mol. The molecule has 3 nitrogen and oxygen atoms in total. The van der Waals surface area contributed by atoms with Crippen LogP contribution in [0.4, 0.5) is 4.39 Å². The van der Waals surface area contributed by atoms with Crippen molar-refractivity contribution in [3.8, 4) is 0 Å². The van der Waals surface area contributed by atoms with Gasteiger partial charge < -0.3 is 4.74 Å². The zero-order valence-corrected chi connectivity index (χ0v) is 9.80. The second kappa shape index (κ2) is 5.27. The van der Waals surface area contributed by atoms with Crippen molar-refractivity contribution >= 4 is 5.97 Å². The lowest BCUT2D eigenvalue weighted by Gasteiger charge is -2.21. The molecule has 17 heavy (non-hydrogen) atoms. The molecule has 0 spiro atoms. The number of rotatable bonds is 3. The van der Waals surface area contributed by atoms with Gasteiger partial charge >= 0.3 is 5.97 Å². The molecule has 4 heteroatoms. The molecule has 92 valence electrons. The Labute approximate surface area is 100 Å². The highest BCUT2D eigenvalue weighted by molar-refractivity contribution is 5.76. The van der Waals surface area contributed by atoms with Gasteiger partial charge in [-0.3, -0.25) is 9.69 Å². The monoisotopic (exact) mass is 237 g/mol. The zero-order chi connectivity index (χ0) is 12.3. The number of alkyl halides is 1. The number of nitrogens with zero attached hydrogens (tertiary/aromatic N) is 1. The number of benzene rings is 1. The Morgan fingerprint density at radius 1 is 1.47 bits per heavy atom. The standard InChI is InChI=1S/C13H16FNO2/c1-17-13(16)12-7-11(14)9-15(12)8-10-5-3-2-4-6-10/h2-6,11-12H,7-9H2,1H3/t11?,12-/m0/s1. The lowest BCUT2D eigenvalue weighted by Crippen LogP contribution is -2.36. The molecular weight excluding hydrogens is 221 g/mol. The molecule has 0 bridgehead atoms. The summed E-state index contributed by atoms with van der Waals surface area (Å²) in [5.74, 6) is -0.346. The van der Waals surface area contributed by atoms with E-state index in [9.17, 15) is 9.18 Å². The van der Waals surface area contributed by atoms with Crippen LogP contribution >= 0.6 is 0 Å². The van der Waals surface area contributed by atoms with Crippen molar-refractivity contribution in [1.82, 2.24) is 4.90 Å². The summed E-state index contributed by atoms with van der Waals surface area (Å²) in [6.07, 6.45) is -0.706. The topological polar surface area (TPSA) is 29.5 Å². The number of methoxy groups -OCH3 is 1. The van der Waals surface area contributed by atoms with Crippen molar-refractivity contribution in [2.24, 2.45) is 0 Å². The lowest BCUT2D eigenvalue weighted by molar-refractivity contribution is -0.146. The van der Waals surface area contributed by atoms with E-state index in [1.54, 1.807) is 0 Å². The third-order valence-corrected chi connectivity index (χ3v) is 3.05. The molecule has 0 N–H and O–H groups in total. The molecule has 2 atom stereocenters. The second-order valence-electron chi connectivity index (χ2n) is 4.29. The van der Waals surface area contributed by atoms with E-state index < -0.39 is 12.2 Å². The third-order valence-electron chi connectivity index (χ3n) is 3.05. The molecule has 1 heterocycles. The lowest BCUT2D eigenvalue weighted by atomic mass is 10.2. The summed E-state index contributed by atoms with van der Waals surface area (Å²) in [5, 5.41) is 0. The quantitative estimate of drug-likeness (QED) is 0.750. The van der Waals surface area contributed by atoms with Gasteiger partial charge in [-0.15, -0.1) is 0 Å². The van der Waals surface area contributed by atoms with Gasteiger partial charge in [-0.1, -0.05) is 30.3 Å². The second-order valence-corrected chi connectivity index (χ2v) is 4.29. The molecule has 1 unspecified atom stereocenters. The molecule has 0 amide bonds. The van der Waals surface area contributed by atoms with E-state index in [1.807, 2.05) is 35.2 Å². The van der Waals surface area contributed by atoms with Gasteiger partial charge in [0, 0.05) is 19.5 Å². The van der Waals surface area contributed by atoms with Crippen LogP contribution in [0.1, 0.15) is 12.0 Å². The van der Waals surface area contributed by atoms with Gasteiger partial charge in [-0.2, -0.15) is 0 Å². The number of esters is 1. The van der Waals surface area contributed by atoms with Crippen LogP contribution in [0.3, 0.4) is 0 Å². The largest absolute Gasteiger partial charge is 0.468 e. The number of likely N-dealkylation sites (tertiary alicyclic amines) is 1. The van der Waals surface area contributed by atoms with Crippen LogP contribution in [-0.2, 0) is 16.1 Å². The number of hydrogen-bond acceptors (Lipinski definition) is 3. The highest BCUT2D eigenvalue weighted by Gasteiger charge is 2.37. The predicted molar refractivity (Wildman–Crippen MR) is 62.2 cm³/mol. The van der Waals surface area contributed by atoms with E-state index in [0.717, 1.165) is 5.56 Å². The van der Waals surface area contributed by atoms with E-state index in [0.29, 0.717) is 13.1 Å². The number of carbonyl (C=O) groups excluding carboxylic acids is 1. The minimum absolute atomic E-state index is 0.236. The predicted octanol–water partition coefficient (Wildman–Crippen LogP) is 1.77. The first-order valence-corrected chi connectivity index (χ1v) is 5.70. The Morgan fingerprint density at radius 2 is 2.18 bits per heavy atom. The molecule has 1 aromatic rings.